The van der Waals surface area contributed by atoms with Crippen LogP contribution in [0.5, 0.6) is 17.2 Å². The zero-order chi connectivity index (χ0) is 27.8. The maximum Gasteiger partial charge on any atom is 0.308 e. The number of methoxy groups -OCH3 is 1. The number of ether oxygens (including phenoxy) is 3. The Hall–Kier alpha value is -3.30. The molecule has 9 heteroatoms. The van der Waals surface area contributed by atoms with Gasteiger partial charge in [0.05, 0.1) is 19.6 Å². The average molecular weight is 540 g/mol. The molecule has 3 atom stereocenters. The standard InChI is InChI=1S/C30H41N3O6/c1-3-4-14-32(15-8-7-13-31)28(34)19-33-18-23(21-11-12-26-27(17-21)39-20-38-26)29(30(35)36)24(33)16-22-9-5-6-10-25(22)37-2/h5-6,9-12,17,23-24,29H,3-4,7-8,13-16,18-20,31H2,1-2H3,(H,35,36). The molecule has 2 aliphatic rings. The molecule has 39 heavy (non-hydrogen) atoms. The Balaban J connectivity index is 1.64. The van der Waals surface area contributed by atoms with Crippen LogP contribution in [-0.4, -0.2) is 79.5 Å². The van der Waals surface area contributed by atoms with Crippen molar-refractivity contribution in [2.45, 2.75) is 51.0 Å². The van der Waals surface area contributed by atoms with Crippen molar-refractivity contribution in [3.8, 4) is 17.2 Å². The number of hydrogen-bond acceptors (Lipinski definition) is 7. The van der Waals surface area contributed by atoms with E-state index in [1.807, 2.05) is 47.4 Å². The van der Waals surface area contributed by atoms with E-state index in [4.69, 9.17) is 19.9 Å². The minimum absolute atomic E-state index is 0.0287. The molecule has 1 fully saturated rings. The number of para-hydroxylation sites is 1. The molecule has 1 amide bonds. The Morgan fingerprint density at radius 2 is 1.87 bits per heavy atom. The molecule has 3 unspecified atom stereocenters. The number of carbonyl (C=O) groups is 2. The van der Waals surface area contributed by atoms with E-state index in [0.29, 0.717) is 49.8 Å². The molecule has 2 aromatic carbocycles. The largest absolute Gasteiger partial charge is 0.496 e. The van der Waals surface area contributed by atoms with Crippen LogP contribution in [0, 0.1) is 5.92 Å². The van der Waals surface area contributed by atoms with E-state index < -0.39 is 17.9 Å². The monoisotopic (exact) mass is 539 g/mol. The predicted molar refractivity (Wildman–Crippen MR) is 148 cm³/mol. The van der Waals surface area contributed by atoms with Gasteiger partial charge in [0.2, 0.25) is 12.7 Å². The number of fused-ring (bicyclic) bond motifs is 1. The lowest BCUT2D eigenvalue weighted by molar-refractivity contribution is -0.143. The van der Waals surface area contributed by atoms with E-state index in [1.165, 1.54) is 0 Å². The molecule has 1 saturated heterocycles. The summed E-state index contributed by atoms with van der Waals surface area (Å²) in [5, 5.41) is 10.5. The van der Waals surface area contributed by atoms with Gasteiger partial charge in [-0.25, -0.2) is 0 Å². The van der Waals surface area contributed by atoms with E-state index in [0.717, 1.165) is 36.8 Å². The smallest absolute Gasteiger partial charge is 0.308 e. The fraction of sp³-hybridized carbons (Fsp3) is 0.533. The molecule has 0 bridgehead atoms. The number of rotatable bonds is 14. The van der Waals surface area contributed by atoms with Crippen molar-refractivity contribution >= 4 is 11.9 Å². The van der Waals surface area contributed by atoms with Gasteiger partial charge in [-0.05, 0) is 61.6 Å². The number of carboxylic acid groups (broad SMARTS) is 1. The maximum absolute atomic E-state index is 13.6. The summed E-state index contributed by atoms with van der Waals surface area (Å²) in [5.41, 5.74) is 7.49. The minimum Gasteiger partial charge on any atom is -0.496 e. The second-order valence-corrected chi connectivity index (χ2v) is 10.3. The quantitative estimate of drug-likeness (QED) is 0.351. The fourth-order valence-electron chi connectivity index (χ4n) is 5.76. The van der Waals surface area contributed by atoms with Crippen LogP contribution < -0.4 is 19.9 Å². The van der Waals surface area contributed by atoms with E-state index in [2.05, 4.69) is 11.8 Å². The Labute approximate surface area is 230 Å². The third-order valence-electron chi connectivity index (χ3n) is 7.83. The number of amides is 1. The first-order chi connectivity index (χ1) is 19.0. The van der Waals surface area contributed by atoms with Gasteiger partial charge in [0.1, 0.15) is 5.75 Å². The van der Waals surface area contributed by atoms with Crippen molar-refractivity contribution in [2.24, 2.45) is 11.7 Å². The maximum atomic E-state index is 13.6. The summed E-state index contributed by atoms with van der Waals surface area (Å²) in [6, 6.07) is 12.9. The third-order valence-corrected chi connectivity index (χ3v) is 7.83. The summed E-state index contributed by atoms with van der Waals surface area (Å²) in [4.78, 5) is 30.5. The van der Waals surface area contributed by atoms with E-state index >= 15 is 0 Å². The highest BCUT2D eigenvalue weighted by atomic mass is 16.7. The van der Waals surface area contributed by atoms with Crippen molar-refractivity contribution in [1.82, 2.24) is 9.80 Å². The number of aliphatic carboxylic acids is 1. The molecular formula is C30H41N3O6. The SMILES string of the molecule is CCCCN(CCCCN)C(=O)CN1CC(c2ccc3c(c2)OCO3)C(C(=O)O)C1Cc1ccccc1OC. The Bertz CT molecular complexity index is 1130. The lowest BCUT2D eigenvalue weighted by Gasteiger charge is -2.30. The van der Waals surface area contributed by atoms with Crippen LogP contribution in [0.2, 0.25) is 0 Å². The van der Waals surface area contributed by atoms with Crippen LogP contribution in [-0.2, 0) is 16.0 Å². The summed E-state index contributed by atoms with van der Waals surface area (Å²) in [6.07, 6.45) is 4.10. The highest BCUT2D eigenvalue weighted by molar-refractivity contribution is 5.79. The summed E-state index contributed by atoms with van der Waals surface area (Å²) in [5.74, 6) is 0.115. The summed E-state index contributed by atoms with van der Waals surface area (Å²) in [6.45, 7) is 4.83. The summed E-state index contributed by atoms with van der Waals surface area (Å²) in [7, 11) is 1.62. The minimum atomic E-state index is -0.877. The highest BCUT2D eigenvalue weighted by Crippen LogP contribution is 2.43. The molecule has 3 N–H and O–H groups in total. The first kappa shape index (κ1) is 28.7. The van der Waals surface area contributed by atoms with Gasteiger partial charge < -0.3 is 30.0 Å². The molecule has 0 saturated carbocycles. The number of carbonyl (C=O) groups excluding carboxylic acids is 1. The van der Waals surface area contributed by atoms with Crippen LogP contribution in [0.3, 0.4) is 0 Å². The number of carboxylic acids is 1. The van der Waals surface area contributed by atoms with E-state index in [1.54, 1.807) is 7.11 Å². The first-order valence-corrected chi connectivity index (χ1v) is 13.9. The number of hydrogen-bond donors (Lipinski definition) is 2. The molecule has 9 nitrogen and oxygen atoms in total. The highest BCUT2D eigenvalue weighted by Gasteiger charge is 2.47. The zero-order valence-electron chi connectivity index (χ0n) is 23.0. The second-order valence-electron chi connectivity index (χ2n) is 10.3. The molecule has 2 aromatic rings. The van der Waals surface area contributed by atoms with E-state index in [-0.39, 0.29) is 25.2 Å². The van der Waals surface area contributed by atoms with Crippen LogP contribution >= 0.6 is 0 Å². The molecule has 2 heterocycles. The van der Waals surface area contributed by atoms with Crippen molar-refractivity contribution < 1.29 is 28.9 Å². The number of nitrogens with two attached hydrogens (primary N) is 1. The van der Waals surface area contributed by atoms with E-state index in [9.17, 15) is 14.7 Å². The van der Waals surface area contributed by atoms with Crippen LogP contribution in [0.1, 0.15) is 49.7 Å². The van der Waals surface area contributed by atoms with Crippen molar-refractivity contribution in [3.05, 3.63) is 53.6 Å². The van der Waals surface area contributed by atoms with Gasteiger partial charge in [0.15, 0.2) is 11.5 Å². The lowest BCUT2D eigenvalue weighted by atomic mass is 9.83. The zero-order valence-corrected chi connectivity index (χ0v) is 23.0. The second kappa shape index (κ2) is 13.7. The number of unbranched alkanes of at least 4 members (excludes halogenated alkanes) is 2. The Morgan fingerprint density at radius 1 is 1.10 bits per heavy atom. The lowest BCUT2D eigenvalue weighted by Crippen LogP contribution is -2.45. The van der Waals surface area contributed by atoms with Gasteiger partial charge in [-0.15, -0.1) is 0 Å². The fourth-order valence-corrected chi connectivity index (χ4v) is 5.76. The molecule has 0 aliphatic carbocycles. The van der Waals surface area contributed by atoms with Crippen molar-refractivity contribution in [1.29, 1.82) is 0 Å². The topological polar surface area (TPSA) is 115 Å². The summed E-state index contributed by atoms with van der Waals surface area (Å²) >= 11 is 0. The Morgan fingerprint density at radius 3 is 2.62 bits per heavy atom. The van der Waals surface area contributed by atoms with Crippen molar-refractivity contribution in [2.75, 3.05) is 46.6 Å². The number of benzene rings is 2. The van der Waals surface area contributed by atoms with Gasteiger partial charge in [-0.1, -0.05) is 37.6 Å². The van der Waals surface area contributed by atoms with Gasteiger partial charge >= 0.3 is 5.97 Å². The normalized spacial score (nSPS) is 20.2. The molecule has 2 aliphatic heterocycles. The van der Waals surface area contributed by atoms with Crippen LogP contribution in [0.15, 0.2) is 42.5 Å². The van der Waals surface area contributed by atoms with Gasteiger partial charge in [0, 0.05) is 31.6 Å². The van der Waals surface area contributed by atoms with Gasteiger partial charge in [-0.2, -0.15) is 0 Å². The average Bonchev–Trinajstić information content (AvgIpc) is 3.55. The molecular weight excluding hydrogens is 498 g/mol. The Kier molecular flexibility index (Phi) is 10.1. The molecule has 4 rings (SSSR count). The predicted octanol–water partition coefficient (Wildman–Crippen LogP) is 3.50. The summed E-state index contributed by atoms with van der Waals surface area (Å²) < 4.78 is 16.6. The number of nitrogens with zero attached hydrogens (tertiary/aromatic N) is 2. The van der Waals surface area contributed by atoms with Gasteiger partial charge in [-0.3, -0.25) is 14.5 Å². The van der Waals surface area contributed by atoms with Crippen molar-refractivity contribution in [3.63, 3.8) is 0 Å². The molecule has 212 valence electrons. The molecule has 0 spiro atoms. The van der Waals surface area contributed by atoms with Crippen LogP contribution in [0.25, 0.3) is 0 Å². The third kappa shape index (κ3) is 6.83. The first-order valence-electron chi connectivity index (χ1n) is 13.9. The molecule has 0 radical (unpaired) electrons. The van der Waals surface area contributed by atoms with Gasteiger partial charge in [0.25, 0.3) is 0 Å². The number of likely N-dealkylation sites (tertiary alicyclic amines) is 1. The molecule has 0 aromatic heterocycles. The van der Waals surface area contributed by atoms with Crippen LogP contribution in [0.4, 0.5) is 0 Å².